The summed E-state index contributed by atoms with van der Waals surface area (Å²) in [4.78, 5) is 7.84. The third-order valence-corrected chi connectivity index (χ3v) is 5.73. The highest BCUT2D eigenvalue weighted by Gasteiger charge is 2.16. The van der Waals surface area contributed by atoms with Crippen LogP contribution in [0.4, 0.5) is 0 Å². The summed E-state index contributed by atoms with van der Waals surface area (Å²) in [5, 5.41) is 3.18. The first-order chi connectivity index (χ1) is 9.62. The highest BCUT2D eigenvalue weighted by atomic mass is 32.2. The van der Waals surface area contributed by atoms with Crippen LogP contribution in [0, 0.1) is 0 Å². The molecule has 3 N–H and O–H groups in total. The van der Waals surface area contributed by atoms with Crippen LogP contribution in [-0.2, 0) is 23.0 Å². The van der Waals surface area contributed by atoms with E-state index in [1.807, 2.05) is 13.0 Å². The predicted octanol–water partition coefficient (Wildman–Crippen LogP) is 1.10. The lowest BCUT2D eigenvalue weighted by atomic mass is 10.3. The van der Waals surface area contributed by atoms with Crippen LogP contribution in [0.5, 0.6) is 0 Å². The Morgan fingerprint density at radius 1 is 1.40 bits per heavy atom. The first-order valence-electron chi connectivity index (χ1n) is 6.38. The molecule has 2 heterocycles. The van der Waals surface area contributed by atoms with Gasteiger partial charge in [-0.15, -0.1) is 11.3 Å². The molecule has 0 spiro atoms. The number of nitrogens with zero attached hydrogens (tertiary/aromatic N) is 1. The SMILES string of the molecule is CCNCc1ccc(S(=O)(=O)NCCc2cnc[nH]2)s1. The van der Waals surface area contributed by atoms with Crippen molar-refractivity contribution >= 4 is 21.4 Å². The van der Waals surface area contributed by atoms with Crippen molar-refractivity contribution in [2.24, 2.45) is 0 Å². The number of rotatable bonds is 8. The molecular weight excluding hydrogens is 296 g/mol. The highest BCUT2D eigenvalue weighted by Crippen LogP contribution is 2.21. The summed E-state index contributed by atoms with van der Waals surface area (Å²) in [6.07, 6.45) is 3.86. The Hall–Kier alpha value is -1.22. The van der Waals surface area contributed by atoms with Gasteiger partial charge >= 0.3 is 0 Å². The van der Waals surface area contributed by atoms with E-state index in [1.54, 1.807) is 18.6 Å². The molecule has 0 atom stereocenters. The minimum absolute atomic E-state index is 0.352. The second-order valence-electron chi connectivity index (χ2n) is 4.23. The minimum atomic E-state index is -3.41. The lowest BCUT2D eigenvalue weighted by Gasteiger charge is -2.03. The highest BCUT2D eigenvalue weighted by molar-refractivity contribution is 7.91. The summed E-state index contributed by atoms with van der Waals surface area (Å²) in [6, 6.07) is 3.49. The second kappa shape index (κ2) is 6.98. The number of aromatic nitrogens is 2. The quantitative estimate of drug-likeness (QED) is 0.681. The van der Waals surface area contributed by atoms with Crippen molar-refractivity contribution < 1.29 is 8.42 Å². The number of H-pyrrole nitrogens is 1. The summed E-state index contributed by atoms with van der Waals surface area (Å²) >= 11 is 1.29. The van der Waals surface area contributed by atoms with Crippen molar-refractivity contribution in [2.75, 3.05) is 13.1 Å². The maximum Gasteiger partial charge on any atom is 0.250 e. The van der Waals surface area contributed by atoms with Crippen LogP contribution in [0.15, 0.2) is 28.9 Å². The number of hydrogen-bond acceptors (Lipinski definition) is 5. The summed E-state index contributed by atoms with van der Waals surface area (Å²) in [5.41, 5.74) is 0.909. The van der Waals surface area contributed by atoms with Gasteiger partial charge in [-0.3, -0.25) is 0 Å². The molecule has 0 unspecified atom stereocenters. The summed E-state index contributed by atoms with van der Waals surface area (Å²) < 4.78 is 27.2. The van der Waals surface area contributed by atoms with Gasteiger partial charge in [0.2, 0.25) is 10.0 Å². The molecule has 0 fully saturated rings. The lowest BCUT2D eigenvalue weighted by Crippen LogP contribution is -2.25. The Kier molecular flexibility index (Phi) is 5.30. The Morgan fingerprint density at radius 3 is 2.95 bits per heavy atom. The Morgan fingerprint density at radius 2 is 2.25 bits per heavy atom. The van der Waals surface area contributed by atoms with E-state index in [9.17, 15) is 8.42 Å². The third kappa shape index (κ3) is 4.14. The molecule has 0 saturated heterocycles. The zero-order chi connectivity index (χ0) is 14.4. The molecule has 0 radical (unpaired) electrons. The number of aromatic amines is 1. The van der Waals surface area contributed by atoms with E-state index in [-0.39, 0.29) is 0 Å². The van der Waals surface area contributed by atoms with E-state index in [2.05, 4.69) is 20.0 Å². The van der Waals surface area contributed by atoms with Crippen molar-refractivity contribution in [3.05, 3.63) is 35.2 Å². The first-order valence-corrected chi connectivity index (χ1v) is 8.68. The fraction of sp³-hybridized carbons (Fsp3) is 0.417. The molecule has 8 heteroatoms. The van der Waals surface area contributed by atoms with Gasteiger partial charge in [-0.25, -0.2) is 18.1 Å². The maximum atomic E-state index is 12.1. The standard InChI is InChI=1S/C12H18N4O2S2/c1-2-13-8-11-3-4-12(19-11)20(17,18)16-6-5-10-7-14-9-15-10/h3-4,7,9,13,16H,2,5-6,8H2,1H3,(H,14,15). The van der Waals surface area contributed by atoms with Crippen molar-refractivity contribution in [2.45, 2.75) is 24.1 Å². The van der Waals surface area contributed by atoms with Gasteiger partial charge in [0.15, 0.2) is 0 Å². The molecule has 0 aromatic carbocycles. The van der Waals surface area contributed by atoms with Crippen LogP contribution in [0.3, 0.4) is 0 Å². The molecule has 0 amide bonds. The molecule has 0 aliphatic heterocycles. The largest absolute Gasteiger partial charge is 0.348 e. The zero-order valence-corrected chi connectivity index (χ0v) is 12.9. The van der Waals surface area contributed by atoms with Gasteiger partial charge in [-0.1, -0.05) is 6.92 Å². The van der Waals surface area contributed by atoms with E-state index >= 15 is 0 Å². The van der Waals surface area contributed by atoms with Crippen LogP contribution < -0.4 is 10.0 Å². The van der Waals surface area contributed by atoms with Gasteiger partial charge < -0.3 is 10.3 Å². The average molecular weight is 314 g/mol. The maximum absolute atomic E-state index is 12.1. The van der Waals surface area contributed by atoms with Crippen molar-refractivity contribution in [1.29, 1.82) is 0 Å². The number of nitrogens with one attached hydrogen (secondary N) is 3. The van der Waals surface area contributed by atoms with E-state index < -0.39 is 10.0 Å². The number of imidazole rings is 1. The molecule has 6 nitrogen and oxygen atoms in total. The Labute approximate surface area is 122 Å². The van der Waals surface area contributed by atoms with Crippen LogP contribution >= 0.6 is 11.3 Å². The fourth-order valence-corrected chi connectivity index (χ4v) is 4.06. The number of thiophene rings is 1. The average Bonchev–Trinajstić information content (AvgIpc) is 3.07. The predicted molar refractivity (Wildman–Crippen MR) is 79.2 cm³/mol. The van der Waals surface area contributed by atoms with E-state index in [0.29, 0.717) is 23.7 Å². The molecule has 2 rings (SSSR count). The molecule has 2 aromatic rings. The third-order valence-electron chi connectivity index (χ3n) is 2.69. The van der Waals surface area contributed by atoms with E-state index in [0.717, 1.165) is 17.1 Å². The molecule has 0 saturated carbocycles. The second-order valence-corrected chi connectivity index (χ2v) is 7.39. The molecule has 0 aliphatic carbocycles. The molecule has 110 valence electrons. The normalized spacial score (nSPS) is 11.8. The summed E-state index contributed by atoms with van der Waals surface area (Å²) in [7, 11) is -3.41. The topological polar surface area (TPSA) is 86.9 Å². The van der Waals surface area contributed by atoms with Gasteiger partial charge in [0.1, 0.15) is 4.21 Å². The minimum Gasteiger partial charge on any atom is -0.348 e. The van der Waals surface area contributed by atoms with Crippen LogP contribution in [-0.4, -0.2) is 31.5 Å². The van der Waals surface area contributed by atoms with Gasteiger partial charge in [-0.05, 0) is 18.7 Å². The summed E-state index contributed by atoms with van der Waals surface area (Å²) in [6.45, 7) is 3.93. The fourth-order valence-electron chi connectivity index (χ4n) is 1.66. The van der Waals surface area contributed by atoms with Crippen molar-refractivity contribution in [1.82, 2.24) is 20.0 Å². The number of hydrogen-bond donors (Lipinski definition) is 3. The number of sulfonamides is 1. The first kappa shape index (κ1) is 15.2. The molecule has 2 aromatic heterocycles. The Balaban J connectivity index is 1.90. The monoisotopic (exact) mass is 314 g/mol. The van der Waals surface area contributed by atoms with E-state index in [1.165, 1.54) is 11.3 Å². The van der Waals surface area contributed by atoms with Gasteiger partial charge in [0.05, 0.1) is 6.33 Å². The summed E-state index contributed by atoms with van der Waals surface area (Å²) in [5.74, 6) is 0. The van der Waals surface area contributed by atoms with Gasteiger partial charge in [-0.2, -0.15) is 0 Å². The van der Waals surface area contributed by atoms with E-state index in [4.69, 9.17) is 0 Å². The smallest absolute Gasteiger partial charge is 0.250 e. The molecule has 0 bridgehead atoms. The van der Waals surface area contributed by atoms with Crippen LogP contribution in [0.1, 0.15) is 17.5 Å². The van der Waals surface area contributed by atoms with Crippen molar-refractivity contribution in [3.63, 3.8) is 0 Å². The Bertz CT molecular complexity index is 620. The zero-order valence-electron chi connectivity index (χ0n) is 11.2. The molecule has 0 aliphatic rings. The van der Waals surface area contributed by atoms with Gasteiger partial charge in [0, 0.05) is 36.3 Å². The van der Waals surface area contributed by atoms with Crippen LogP contribution in [0.25, 0.3) is 0 Å². The molecule has 20 heavy (non-hydrogen) atoms. The van der Waals surface area contributed by atoms with Crippen LogP contribution in [0.2, 0.25) is 0 Å². The van der Waals surface area contributed by atoms with Crippen molar-refractivity contribution in [3.8, 4) is 0 Å². The lowest BCUT2D eigenvalue weighted by molar-refractivity contribution is 0.583. The van der Waals surface area contributed by atoms with Gasteiger partial charge in [0.25, 0.3) is 0 Å². The molecular formula is C12H18N4O2S2.